The van der Waals surface area contributed by atoms with Gasteiger partial charge in [0.25, 0.3) is 17.7 Å². The molecule has 1 N–H and O–H groups in total. The van der Waals surface area contributed by atoms with Crippen molar-refractivity contribution in [1.82, 2.24) is 4.90 Å². The van der Waals surface area contributed by atoms with E-state index in [1.165, 1.54) is 29.5 Å². The number of carbonyl (C=O) groups excluding carboxylic acids is 3. The molecule has 0 unspecified atom stereocenters. The monoisotopic (exact) mass is 386 g/mol. The van der Waals surface area contributed by atoms with E-state index >= 15 is 0 Å². The van der Waals surface area contributed by atoms with Gasteiger partial charge in [-0.25, -0.2) is 0 Å². The summed E-state index contributed by atoms with van der Waals surface area (Å²) < 4.78 is 5.24. The molecule has 1 aliphatic carbocycles. The summed E-state index contributed by atoms with van der Waals surface area (Å²) in [5.74, 6) is -0.592. The van der Waals surface area contributed by atoms with Crippen LogP contribution in [0.1, 0.15) is 54.4 Å². The predicted octanol–water partition coefficient (Wildman–Crippen LogP) is 3.82. The second kappa shape index (κ2) is 6.74. The standard InChI is InChI=1S/C23H18N2O4/c26-21(24-17-8-6-14-3-1-4-15(14)11-17)16-7-9-19-20(12-16)23(28)25(22(19)27)13-18-5-2-10-29-18/h2,5-12H,1,3-4,13H2,(H,24,26). The Bertz CT molecular complexity index is 1150. The van der Waals surface area contributed by atoms with Crippen molar-refractivity contribution in [2.24, 2.45) is 0 Å². The Morgan fingerprint density at radius 1 is 0.966 bits per heavy atom. The summed E-state index contributed by atoms with van der Waals surface area (Å²) in [7, 11) is 0. The van der Waals surface area contributed by atoms with Crippen molar-refractivity contribution >= 4 is 23.4 Å². The molecule has 2 heterocycles. The van der Waals surface area contributed by atoms with Crippen molar-refractivity contribution in [3.05, 3.63) is 88.4 Å². The number of fused-ring (bicyclic) bond motifs is 2. The van der Waals surface area contributed by atoms with E-state index in [0.717, 1.165) is 29.8 Å². The number of amides is 3. The summed E-state index contributed by atoms with van der Waals surface area (Å²) in [6, 6.07) is 14.0. The maximum absolute atomic E-state index is 12.7. The minimum atomic E-state index is -0.423. The Hall–Kier alpha value is -3.67. The molecule has 144 valence electrons. The zero-order chi connectivity index (χ0) is 20.0. The van der Waals surface area contributed by atoms with E-state index in [4.69, 9.17) is 4.42 Å². The molecule has 2 aliphatic rings. The first-order chi connectivity index (χ1) is 14.1. The first-order valence-corrected chi connectivity index (χ1v) is 9.56. The lowest BCUT2D eigenvalue weighted by Crippen LogP contribution is -2.28. The Morgan fingerprint density at radius 3 is 2.62 bits per heavy atom. The lowest BCUT2D eigenvalue weighted by Gasteiger charge is -2.11. The van der Waals surface area contributed by atoms with Crippen LogP contribution in [-0.2, 0) is 19.4 Å². The van der Waals surface area contributed by atoms with E-state index in [1.54, 1.807) is 18.2 Å². The van der Waals surface area contributed by atoms with E-state index in [0.29, 0.717) is 16.9 Å². The summed E-state index contributed by atoms with van der Waals surface area (Å²) >= 11 is 0. The number of benzene rings is 2. The highest BCUT2D eigenvalue weighted by atomic mass is 16.3. The van der Waals surface area contributed by atoms with E-state index in [2.05, 4.69) is 11.4 Å². The van der Waals surface area contributed by atoms with Crippen molar-refractivity contribution in [2.75, 3.05) is 5.32 Å². The van der Waals surface area contributed by atoms with E-state index < -0.39 is 5.91 Å². The smallest absolute Gasteiger partial charge is 0.261 e. The van der Waals surface area contributed by atoms with Crippen molar-refractivity contribution in [1.29, 1.82) is 0 Å². The van der Waals surface area contributed by atoms with Crippen molar-refractivity contribution in [3.63, 3.8) is 0 Å². The van der Waals surface area contributed by atoms with E-state index in [9.17, 15) is 14.4 Å². The molecule has 6 heteroatoms. The zero-order valence-corrected chi connectivity index (χ0v) is 15.6. The number of rotatable bonds is 4. The number of aryl methyl sites for hydroxylation is 2. The van der Waals surface area contributed by atoms with Gasteiger partial charge in [0.05, 0.1) is 23.9 Å². The number of nitrogens with zero attached hydrogens (tertiary/aromatic N) is 1. The molecule has 0 saturated carbocycles. The quantitative estimate of drug-likeness (QED) is 0.692. The van der Waals surface area contributed by atoms with Gasteiger partial charge in [0.15, 0.2) is 0 Å². The molecule has 3 aromatic rings. The van der Waals surface area contributed by atoms with Gasteiger partial charge in [-0.1, -0.05) is 6.07 Å². The maximum Gasteiger partial charge on any atom is 0.261 e. The summed E-state index contributed by atoms with van der Waals surface area (Å²) in [5.41, 5.74) is 4.22. The highest BCUT2D eigenvalue weighted by Crippen LogP contribution is 2.27. The lowest BCUT2D eigenvalue weighted by molar-refractivity contribution is 0.0631. The van der Waals surface area contributed by atoms with Crippen LogP contribution in [0, 0.1) is 0 Å². The highest BCUT2D eigenvalue weighted by molar-refractivity contribution is 6.22. The molecule has 0 atom stereocenters. The number of nitrogens with one attached hydrogen (secondary N) is 1. The van der Waals surface area contributed by atoms with Gasteiger partial charge in [0.1, 0.15) is 5.76 Å². The summed E-state index contributed by atoms with van der Waals surface area (Å²) in [6.45, 7) is 0.0655. The fourth-order valence-electron chi connectivity index (χ4n) is 3.99. The minimum Gasteiger partial charge on any atom is -0.467 e. The molecule has 1 aliphatic heterocycles. The number of carbonyl (C=O) groups is 3. The third kappa shape index (κ3) is 3.02. The van der Waals surface area contributed by atoms with Gasteiger partial charge >= 0.3 is 0 Å². The van der Waals surface area contributed by atoms with Gasteiger partial charge in [-0.3, -0.25) is 19.3 Å². The van der Waals surface area contributed by atoms with Crippen LogP contribution in [0.5, 0.6) is 0 Å². The van der Waals surface area contributed by atoms with Crippen LogP contribution < -0.4 is 5.32 Å². The van der Waals surface area contributed by atoms with Gasteiger partial charge in [0, 0.05) is 11.3 Å². The molecule has 0 radical (unpaired) electrons. The largest absolute Gasteiger partial charge is 0.467 e. The second-order valence-electron chi connectivity index (χ2n) is 7.33. The molecular weight excluding hydrogens is 368 g/mol. The fraction of sp³-hybridized carbons (Fsp3) is 0.174. The van der Waals surface area contributed by atoms with Gasteiger partial charge in [0.2, 0.25) is 0 Å². The average molecular weight is 386 g/mol. The molecule has 0 bridgehead atoms. The molecule has 6 nitrogen and oxygen atoms in total. The molecule has 5 rings (SSSR count). The van der Waals surface area contributed by atoms with Crippen molar-refractivity contribution in [3.8, 4) is 0 Å². The Kier molecular flexibility index (Phi) is 4.05. The molecule has 2 aromatic carbocycles. The molecule has 0 fully saturated rings. The minimum absolute atomic E-state index is 0.0655. The van der Waals surface area contributed by atoms with Crippen LogP contribution in [0.25, 0.3) is 0 Å². The van der Waals surface area contributed by atoms with Crippen LogP contribution in [0.2, 0.25) is 0 Å². The Labute approximate surface area is 167 Å². The maximum atomic E-state index is 12.7. The fourth-order valence-corrected chi connectivity index (χ4v) is 3.99. The van der Waals surface area contributed by atoms with Gasteiger partial charge in [-0.2, -0.15) is 0 Å². The van der Waals surface area contributed by atoms with Crippen LogP contribution in [0.15, 0.2) is 59.2 Å². The van der Waals surface area contributed by atoms with Gasteiger partial charge in [-0.05, 0) is 72.9 Å². The molecule has 0 saturated heterocycles. The molecule has 3 amide bonds. The molecule has 29 heavy (non-hydrogen) atoms. The third-order valence-electron chi connectivity index (χ3n) is 5.48. The average Bonchev–Trinajstić information content (AvgIpc) is 3.45. The number of imide groups is 1. The van der Waals surface area contributed by atoms with Crippen molar-refractivity contribution < 1.29 is 18.8 Å². The van der Waals surface area contributed by atoms with Crippen LogP contribution >= 0.6 is 0 Å². The summed E-state index contributed by atoms with van der Waals surface area (Å²) in [4.78, 5) is 39.1. The van der Waals surface area contributed by atoms with E-state index in [-0.39, 0.29) is 23.9 Å². The van der Waals surface area contributed by atoms with Crippen LogP contribution in [-0.4, -0.2) is 22.6 Å². The highest BCUT2D eigenvalue weighted by Gasteiger charge is 2.36. The molecule has 0 spiro atoms. The van der Waals surface area contributed by atoms with Crippen LogP contribution in [0.4, 0.5) is 5.69 Å². The second-order valence-corrected chi connectivity index (χ2v) is 7.33. The Balaban J connectivity index is 1.37. The Morgan fingerprint density at radius 2 is 1.79 bits per heavy atom. The van der Waals surface area contributed by atoms with Gasteiger partial charge in [-0.15, -0.1) is 0 Å². The molecular formula is C23H18N2O4. The number of anilines is 1. The topological polar surface area (TPSA) is 79.6 Å². The predicted molar refractivity (Wildman–Crippen MR) is 106 cm³/mol. The SMILES string of the molecule is O=C(Nc1ccc2c(c1)CCC2)c1ccc2c(c1)C(=O)N(Cc1ccco1)C2=O. The third-order valence-corrected chi connectivity index (χ3v) is 5.48. The summed E-state index contributed by atoms with van der Waals surface area (Å²) in [6.07, 6.45) is 4.75. The zero-order valence-electron chi connectivity index (χ0n) is 15.6. The first-order valence-electron chi connectivity index (χ1n) is 9.56. The first kappa shape index (κ1) is 17.4. The lowest BCUT2D eigenvalue weighted by atomic mass is 10.0. The summed E-state index contributed by atoms with van der Waals surface area (Å²) in [5, 5.41) is 2.89. The molecule has 1 aromatic heterocycles. The normalized spacial score (nSPS) is 14.8. The van der Waals surface area contributed by atoms with Crippen molar-refractivity contribution in [2.45, 2.75) is 25.8 Å². The number of hydrogen-bond donors (Lipinski definition) is 1. The van der Waals surface area contributed by atoms with Gasteiger partial charge < -0.3 is 9.73 Å². The number of furan rings is 1. The number of hydrogen-bond acceptors (Lipinski definition) is 4. The van der Waals surface area contributed by atoms with E-state index in [1.807, 2.05) is 12.1 Å². The van der Waals surface area contributed by atoms with Crippen LogP contribution in [0.3, 0.4) is 0 Å².